The number of aromatic amines is 3. The first-order chi connectivity index (χ1) is 22.4. The number of hydrogen-bond donors (Lipinski definition) is 10. The highest BCUT2D eigenvalue weighted by Crippen LogP contribution is 2.25. The maximum atomic E-state index is 13.1. The number of aromatic nitrogens is 3. The van der Waals surface area contributed by atoms with E-state index in [0.717, 1.165) is 0 Å². The summed E-state index contributed by atoms with van der Waals surface area (Å²) in [5.74, 6) is -1.38. The molecule has 3 heterocycles. The third-order valence-electron chi connectivity index (χ3n) is 7.21. The van der Waals surface area contributed by atoms with Crippen LogP contribution >= 0.6 is 11.6 Å². The Kier molecular flexibility index (Phi) is 11.4. The van der Waals surface area contributed by atoms with Gasteiger partial charge in [0.05, 0.1) is 22.9 Å². The van der Waals surface area contributed by atoms with E-state index in [-0.39, 0.29) is 47.9 Å². The predicted molar refractivity (Wildman–Crippen MR) is 181 cm³/mol. The van der Waals surface area contributed by atoms with Gasteiger partial charge in [0, 0.05) is 53.9 Å². The van der Waals surface area contributed by atoms with Crippen molar-refractivity contribution in [2.75, 3.05) is 40.7 Å². The summed E-state index contributed by atoms with van der Waals surface area (Å²) in [6, 6.07) is 6.37. The molecule has 1 aromatic carbocycles. The first kappa shape index (κ1) is 34.7. The molecule has 0 spiro atoms. The van der Waals surface area contributed by atoms with E-state index < -0.39 is 28.9 Å². The minimum atomic E-state index is -1.24. The molecule has 0 saturated heterocycles. The number of anilines is 3. The van der Waals surface area contributed by atoms with Crippen molar-refractivity contribution >= 4 is 69.4 Å². The van der Waals surface area contributed by atoms with E-state index in [4.69, 9.17) is 22.7 Å². The van der Waals surface area contributed by atoms with Crippen LogP contribution in [0.3, 0.4) is 0 Å². The molecule has 11 N–H and O–H groups in total. The Hall–Kier alpha value is -5.19. The Bertz CT molecular complexity index is 1800. The molecule has 4 rings (SSSR count). The van der Waals surface area contributed by atoms with Gasteiger partial charge in [0.1, 0.15) is 22.8 Å². The van der Waals surface area contributed by atoms with Crippen LogP contribution in [-0.4, -0.2) is 73.8 Å². The first-order valence-electron chi connectivity index (χ1n) is 14.3. The van der Waals surface area contributed by atoms with Crippen molar-refractivity contribution in [3.63, 3.8) is 0 Å². The quantitative estimate of drug-likeness (QED) is 0.0332. The number of hydrogen-bond acceptors (Lipinski definition) is 6. The van der Waals surface area contributed by atoms with E-state index in [9.17, 15) is 23.7 Å². The summed E-state index contributed by atoms with van der Waals surface area (Å²) in [6.07, 6.45) is 4.50. The van der Waals surface area contributed by atoms with Gasteiger partial charge in [-0.3, -0.25) is 24.6 Å². The molecule has 0 bridgehead atoms. The highest BCUT2D eigenvalue weighted by molar-refractivity contribution is 7.91. The zero-order chi connectivity index (χ0) is 34.2. The number of nitrogens with one attached hydrogen (secondary N) is 9. The molecule has 1 unspecified atom stereocenters. The summed E-state index contributed by atoms with van der Waals surface area (Å²) >= 11 is 4.42. The third-order valence-corrected chi connectivity index (χ3v) is 9.00. The number of amides is 4. The van der Waals surface area contributed by atoms with Crippen LogP contribution in [0.1, 0.15) is 58.5 Å². The minimum absolute atomic E-state index is 0.198. The van der Waals surface area contributed by atoms with Gasteiger partial charge in [-0.05, 0) is 56.2 Å². The SMILES string of the molecule is Cc1c(NC(=O)c2ccc([S+]([O-])CCCl)cc2)c[nH]c1C(=O)Nc1c[nH]c(C(=O)Nc2c[nH]c(C(=O)NCCNC(=N)N)c2C)c1C. The average Bonchev–Trinajstić information content (AvgIpc) is 3.71. The van der Waals surface area contributed by atoms with Crippen LogP contribution in [0, 0.1) is 26.2 Å². The standard InChI is InChI=1S/C30H35ClN10O5S/c1-15-21(13-36-23(15)27(43)34-9-10-35-30(32)33)40-29(45)25-17(3)22(14-38-25)41-28(44)24-16(2)20(12-37-24)39-26(42)18-4-6-19(7-5-18)47(46)11-8-31/h4-7,12-14,36-38H,8-11H2,1-3H3,(H,34,43)(H,39,42)(H,40,45)(H,41,44)(H4,32,33,35). The maximum Gasteiger partial charge on any atom is 0.272 e. The maximum absolute atomic E-state index is 13.1. The minimum Gasteiger partial charge on any atom is -0.611 e. The van der Waals surface area contributed by atoms with Crippen molar-refractivity contribution in [2.24, 2.45) is 5.73 Å². The molecule has 4 aromatic rings. The molecule has 1 atom stereocenters. The lowest BCUT2D eigenvalue weighted by Gasteiger charge is -2.10. The molecular formula is C30H35ClN10O5S. The summed E-state index contributed by atoms with van der Waals surface area (Å²) in [5, 5.41) is 20.7. The highest BCUT2D eigenvalue weighted by atomic mass is 35.5. The van der Waals surface area contributed by atoms with E-state index in [2.05, 4.69) is 41.5 Å². The van der Waals surface area contributed by atoms with Gasteiger partial charge in [-0.25, -0.2) is 0 Å². The first-order valence-corrected chi connectivity index (χ1v) is 16.1. The summed E-state index contributed by atoms with van der Waals surface area (Å²) < 4.78 is 12.1. The second-order valence-electron chi connectivity index (χ2n) is 10.3. The molecular weight excluding hydrogens is 648 g/mol. The molecule has 248 valence electrons. The normalized spacial score (nSPS) is 11.4. The third kappa shape index (κ3) is 8.35. The van der Waals surface area contributed by atoms with Crippen molar-refractivity contribution in [1.29, 1.82) is 5.41 Å². The Morgan fingerprint density at radius 3 is 1.62 bits per heavy atom. The largest absolute Gasteiger partial charge is 0.611 e. The molecule has 0 radical (unpaired) electrons. The fourth-order valence-corrected chi connectivity index (χ4v) is 5.79. The topological polar surface area (TPSA) is 249 Å². The number of carbonyl (C=O) groups is 4. The van der Waals surface area contributed by atoms with E-state index in [1.54, 1.807) is 45.0 Å². The van der Waals surface area contributed by atoms with E-state index in [1.807, 2.05) is 0 Å². The van der Waals surface area contributed by atoms with Crippen LogP contribution < -0.4 is 32.3 Å². The van der Waals surface area contributed by atoms with Crippen molar-refractivity contribution in [2.45, 2.75) is 25.7 Å². The monoisotopic (exact) mass is 682 g/mol. The lowest BCUT2D eigenvalue weighted by atomic mass is 10.2. The fraction of sp³-hybridized carbons (Fsp3) is 0.233. The molecule has 0 saturated carbocycles. The van der Waals surface area contributed by atoms with E-state index in [0.29, 0.717) is 50.0 Å². The number of halogens is 1. The summed E-state index contributed by atoms with van der Waals surface area (Å²) in [6.45, 7) is 5.55. The Labute approximate surface area is 277 Å². The fourth-order valence-electron chi connectivity index (χ4n) is 4.56. The summed E-state index contributed by atoms with van der Waals surface area (Å²) in [5.41, 5.74) is 8.94. The molecule has 47 heavy (non-hydrogen) atoms. The summed E-state index contributed by atoms with van der Waals surface area (Å²) in [7, 11) is 0. The molecule has 17 heteroatoms. The molecule has 3 aromatic heterocycles. The lowest BCUT2D eigenvalue weighted by Crippen LogP contribution is -2.37. The second kappa shape index (κ2) is 15.4. The molecule has 0 aliphatic carbocycles. The van der Waals surface area contributed by atoms with Gasteiger partial charge in [0.2, 0.25) is 0 Å². The van der Waals surface area contributed by atoms with Crippen molar-refractivity contribution in [1.82, 2.24) is 25.6 Å². The Morgan fingerprint density at radius 2 is 1.17 bits per heavy atom. The van der Waals surface area contributed by atoms with Crippen LogP contribution in [0.2, 0.25) is 0 Å². The van der Waals surface area contributed by atoms with E-state index in [1.165, 1.54) is 18.6 Å². The summed E-state index contributed by atoms with van der Waals surface area (Å²) in [4.78, 5) is 60.8. The lowest BCUT2D eigenvalue weighted by molar-refractivity contribution is 0.0947. The number of H-pyrrole nitrogens is 3. The second-order valence-corrected chi connectivity index (χ2v) is 12.3. The van der Waals surface area contributed by atoms with Crippen molar-refractivity contribution in [3.05, 3.63) is 82.2 Å². The number of nitrogens with two attached hydrogens (primary N) is 1. The number of rotatable bonds is 13. The van der Waals surface area contributed by atoms with Crippen LogP contribution in [0.5, 0.6) is 0 Å². The van der Waals surface area contributed by atoms with Crippen molar-refractivity contribution in [3.8, 4) is 0 Å². The van der Waals surface area contributed by atoms with Gasteiger partial charge >= 0.3 is 0 Å². The van der Waals surface area contributed by atoms with Gasteiger partial charge in [0.25, 0.3) is 23.6 Å². The van der Waals surface area contributed by atoms with Gasteiger partial charge in [0.15, 0.2) is 10.9 Å². The van der Waals surface area contributed by atoms with Gasteiger partial charge in [-0.1, -0.05) is 0 Å². The molecule has 0 fully saturated rings. The van der Waals surface area contributed by atoms with Crippen LogP contribution in [0.25, 0.3) is 0 Å². The molecule has 0 aliphatic heterocycles. The zero-order valence-electron chi connectivity index (χ0n) is 25.8. The number of carbonyl (C=O) groups excluding carboxylic acids is 4. The van der Waals surface area contributed by atoms with E-state index >= 15 is 0 Å². The van der Waals surface area contributed by atoms with Gasteiger partial charge < -0.3 is 51.8 Å². The van der Waals surface area contributed by atoms with Crippen LogP contribution in [0.15, 0.2) is 47.8 Å². The smallest absolute Gasteiger partial charge is 0.272 e. The Morgan fingerprint density at radius 1 is 0.745 bits per heavy atom. The number of benzene rings is 1. The van der Waals surface area contributed by atoms with Gasteiger partial charge in [-0.2, -0.15) is 0 Å². The number of alkyl halides is 1. The highest BCUT2D eigenvalue weighted by Gasteiger charge is 2.22. The average molecular weight is 683 g/mol. The number of guanidine groups is 1. The van der Waals surface area contributed by atoms with Crippen LogP contribution in [0.4, 0.5) is 17.1 Å². The zero-order valence-corrected chi connectivity index (χ0v) is 27.3. The van der Waals surface area contributed by atoms with Gasteiger partial charge in [-0.15, -0.1) is 11.6 Å². The molecule has 4 amide bonds. The molecule has 0 aliphatic rings. The van der Waals surface area contributed by atoms with Crippen LogP contribution in [-0.2, 0) is 11.2 Å². The molecule has 15 nitrogen and oxygen atoms in total. The van der Waals surface area contributed by atoms with Crippen molar-refractivity contribution < 1.29 is 23.7 Å². The Balaban J connectivity index is 1.36. The predicted octanol–water partition coefficient (Wildman–Crippen LogP) is 2.91.